The minimum absolute atomic E-state index is 0.0298. The van der Waals surface area contributed by atoms with Crippen LogP contribution in [0.15, 0.2) is 48.8 Å². The maximum Gasteiger partial charge on any atom is 0.248 e. The molecule has 0 radical (unpaired) electrons. The normalized spacial score (nSPS) is 24.2. The first-order valence-corrected chi connectivity index (χ1v) is 14.2. The minimum Gasteiger partial charge on any atom is -0.376 e. The molecule has 7 rings (SSSR count). The zero-order chi connectivity index (χ0) is 29.8. The number of carbonyl (C=O) groups is 3. The van der Waals surface area contributed by atoms with Crippen LogP contribution in [0, 0.1) is 11.6 Å². The second kappa shape index (κ2) is 10.5. The van der Waals surface area contributed by atoms with Crippen LogP contribution >= 0.6 is 0 Å². The summed E-state index contributed by atoms with van der Waals surface area (Å²) in [5.41, 5.74) is 2.10. The third kappa shape index (κ3) is 4.79. The average molecular weight is 590 g/mol. The third-order valence-electron chi connectivity index (χ3n) is 8.91. The van der Waals surface area contributed by atoms with Crippen molar-refractivity contribution in [1.82, 2.24) is 20.2 Å². The molecule has 1 aromatic carbocycles. The van der Waals surface area contributed by atoms with Crippen molar-refractivity contribution in [3.8, 4) is 0 Å². The quantitative estimate of drug-likeness (QED) is 0.473. The van der Waals surface area contributed by atoms with Crippen LogP contribution in [0.1, 0.15) is 34.1 Å². The number of Topliss-reactive ketones (excluding diaryl/α,β-unsaturated/α-hetero) is 1. The fourth-order valence-electron chi connectivity index (χ4n) is 6.84. The van der Waals surface area contributed by atoms with Crippen molar-refractivity contribution < 1.29 is 32.6 Å². The lowest BCUT2D eigenvalue weighted by atomic mass is 9.79. The van der Waals surface area contributed by atoms with Gasteiger partial charge in [0.1, 0.15) is 29.5 Å². The number of rotatable bonds is 4. The largest absolute Gasteiger partial charge is 0.376 e. The highest BCUT2D eigenvalue weighted by molar-refractivity contribution is 5.98. The van der Waals surface area contributed by atoms with E-state index in [1.54, 1.807) is 6.20 Å². The fourth-order valence-corrected chi connectivity index (χ4v) is 6.84. The number of benzene rings is 1. The first-order chi connectivity index (χ1) is 20.8. The van der Waals surface area contributed by atoms with Gasteiger partial charge in [-0.25, -0.2) is 8.78 Å². The SMILES string of the molecule is O=C(CN1C(=O)C2(COCCOC2)NC[C@H]1c1cc(F)cc(F)c1)Nc1cnc2c(c1)CC1(C2)C(=O)Cc2ncccc21. The monoisotopic (exact) mass is 589 g/mol. The molecule has 2 spiro atoms. The number of ether oxygens (including phenoxy) is 2. The number of fused-ring (bicyclic) bond motifs is 3. The zero-order valence-electron chi connectivity index (χ0n) is 23.2. The second-order valence-electron chi connectivity index (χ2n) is 11.6. The molecule has 222 valence electrons. The van der Waals surface area contributed by atoms with Crippen molar-refractivity contribution in [2.24, 2.45) is 0 Å². The molecule has 4 heterocycles. The summed E-state index contributed by atoms with van der Waals surface area (Å²) in [4.78, 5) is 50.7. The third-order valence-corrected chi connectivity index (χ3v) is 8.91. The number of hydrogen-bond donors (Lipinski definition) is 2. The van der Waals surface area contributed by atoms with Gasteiger partial charge in [0, 0.05) is 37.3 Å². The topological polar surface area (TPSA) is 123 Å². The first-order valence-electron chi connectivity index (χ1n) is 14.2. The number of ketones is 1. The Labute approximate surface area is 245 Å². The van der Waals surface area contributed by atoms with Crippen molar-refractivity contribution in [3.63, 3.8) is 0 Å². The number of amides is 2. The highest BCUT2D eigenvalue weighted by atomic mass is 19.1. The van der Waals surface area contributed by atoms with Crippen LogP contribution in [0.3, 0.4) is 0 Å². The predicted molar refractivity (Wildman–Crippen MR) is 148 cm³/mol. The Morgan fingerprint density at radius 2 is 1.81 bits per heavy atom. The molecule has 3 aromatic rings. The summed E-state index contributed by atoms with van der Waals surface area (Å²) in [6.07, 6.45) is 4.45. The molecule has 2 amide bonds. The summed E-state index contributed by atoms with van der Waals surface area (Å²) in [6, 6.07) is 7.84. The molecule has 1 unspecified atom stereocenters. The molecule has 0 saturated carbocycles. The van der Waals surface area contributed by atoms with E-state index in [2.05, 4.69) is 20.6 Å². The van der Waals surface area contributed by atoms with Gasteiger partial charge in [-0.05, 0) is 47.4 Å². The van der Waals surface area contributed by atoms with E-state index in [-0.39, 0.29) is 37.6 Å². The van der Waals surface area contributed by atoms with Crippen LogP contribution in [0.25, 0.3) is 0 Å². The van der Waals surface area contributed by atoms with Gasteiger partial charge in [0.2, 0.25) is 11.8 Å². The number of anilines is 1. The van der Waals surface area contributed by atoms with Crippen LogP contribution in [0.2, 0.25) is 0 Å². The molecule has 4 aliphatic rings. The molecule has 2 aliphatic carbocycles. The lowest BCUT2D eigenvalue weighted by Crippen LogP contribution is -2.69. The summed E-state index contributed by atoms with van der Waals surface area (Å²) >= 11 is 0. The van der Waals surface area contributed by atoms with Gasteiger partial charge in [0.25, 0.3) is 0 Å². The summed E-state index contributed by atoms with van der Waals surface area (Å²) < 4.78 is 39.6. The van der Waals surface area contributed by atoms with E-state index < -0.39 is 40.4 Å². The van der Waals surface area contributed by atoms with E-state index in [1.807, 2.05) is 18.2 Å². The van der Waals surface area contributed by atoms with Crippen LogP contribution in [-0.4, -0.2) is 77.5 Å². The van der Waals surface area contributed by atoms with E-state index in [0.29, 0.717) is 38.2 Å². The molecule has 2 N–H and O–H groups in total. The molecule has 2 atom stereocenters. The number of carbonyl (C=O) groups excluding carboxylic acids is 3. The lowest BCUT2D eigenvalue weighted by molar-refractivity contribution is -0.151. The maximum atomic E-state index is 14.2. The van der Waals surface area contributed by atoms with Crippen molar-refractivity contribution >= 4 is 23.3 Å². The smallest absolute Gasteiger partial charge is 0.248 e. The van der Waals surface area contributed by atoms with E-state index in [9.17, 15) is 23.2 Å². The van der Waals surface area contributed by atoms with Crippen molar-refractivity contribution in [3.05, 3.63) is 88.5 Å². The maximum absolute atomic E-state index is 14.2. The van der Waals surface area contributed by atoms with Gasteiger partial charge in [-0.2, -0.15) is 0 Å². The van der Waals surface area contributed by atoms with Gasteiger partial charge in [-0.1, -0.05) is 6.07 Å². The van der Waals surface area contributed by atoms with E-state index in [4.69, 9.17) is 9.47 Å². The molecule has 10 nitrogen and oxygen atoms in total. The number of piperazine rings is 1. The van der Waals surface area contributed by atoms with Gasteiger partial charge < -0.3 is 19.7 Å². The number of halogens is 2. The number of nitrogens with zero attached hydrogens (tertiary/aromatic N) is 3. The van der Waals surface area contributed by atoms with Crippen molar-refractivity contribution in [2.75, 3.05) is 44.8 Å². The van der Waals surface area contributed by atoms with Crippen molar-refractivity contribution in [1.29, 1.82) is 0 Å². The summed E-state index contributed by atoms with van der Waals surface area (Å²) in [5, 5.41) is 5.99. The van der Waals surface area contributed by atoms with Crippen LogP contribution in [0.5, 0.6) is 0 Å². The Balaban J connectivity index is 1.13. The molecule has 2 fully saturated rings. The Morgan fingerprint density at radius 3 is 2.58 bits per heavy atom. The highest BCUT2D eigenvalue weighted by Crippen LogP contribution is 2.45. The Hall–Kier alpha value is -4.13. The van der Waals surface area contributed by atoms with Gasteiger partial charge in [-0.15, -0.1) is 0 Å². The van der Waals surface area contributed by atoms with E-state index in [1.165, 1.54) is 11.1 Å². The first kappa shape index (κ1) is 27.7. The van der Waals surface area contributed by atoms with Crippen molar-refractivity contribution in [2.45, 2.75) is 36.3 Å². The predicted octanol–water partition coefficient (Wildman–Crippen LogP) is 1.81. The van der Waals surface area contributed by atoms with Crippen LogP contribution in [0.4, 0.5) is 14.5 Å². The summed E-state index contributed by atoms with van der Waals surface area (Å²) in [5.74, 6) is -2.43. The fraction of sp³-hybridized carbons (Fsp3) is 0.387. The number of nitrogens with one attached hydrogen (secondary N) is 2. The molecule has 2 aromatic heterocycles. The second-order valence-corrected chi connectivity index (χ2v) is 11.6. The Kier molecular flexibility index (Phi) is 6.79. The minimum atomic E-state index is -1.23. The van der Waals surface area contributed by atoms with Crippen LogP contribution in [-0.2, 0) is 48.5 Å². The standard InChI is InChI=1S/C31H29F2N5O5/c32-20-6-18(7-21(33)9-20)26-14-36-31(16-42-4-5-43-17-31)29(41)38(26)15-28(40)37-22-8-19-11-30(12-25(19)35-13-22)23-2-1-3-34-24(23)10-27(30)39/h1-3,6-9,13,26,36H,4-5,10-12,14-17H2,(H,37,40)/t26-,30?/m0/s1. The zero-order valence-corrected chi connectivity index (χ0v) is 23.2. The highest BCUT2D eigenvalue weighted by Gasteiger charge is 2.51. The average Bonchev–Trinajstić information content (AvgIpc) is 3.37. The Bertz CT molecular complexity index is 1620. The van der Waals surface area contributed by atoms with Gasteiger partial charge in [-0.3, -0.25) is 29.7 Å². The molecular formula is C31H29F2N5O5. The van der Waals surface area contributed by atoms with E-state index in [0.717, 1.165) is 40.7 Å². The Morgan fingerprint density at radius 1 is 1.05 bits per heavy atom. The molecule has 2 saturated heterocycles. The molecule has 43 heavy (non-hydrogen) atoms. The van der Waals surface area contributed by atoms with Gasteiger partial charge in [0.15, 0.2) is 0 Å². The number of hydrogen-bond acceptors (Lipinski definition) is 8. The number of aromatic nitrogens is 2. The van der Waals surface area contributed by atoms with E-state index >= 15 is 0 Å². The summed E-state index contributed by atoms with van der Waals surface area (Å²) in [6.45, 7) is 0.432. The molecule has 12 heteroatoms. The summed E-state index contributed by atoms with van der Waals surface area (Å²) in [7, 11) is 0. The molecular weight excluding hydrogens is 560 g/mol. The molecule has 2 aliphatic heterocycles. The van der Waals surface area contributed by atoms with Crippen LogP contribution < -0.4 is 10.6 Å². The number of pyridine rings is 2. The van der Waals surface area contributed by atoms with Gasteiger partial charge in [0.05, 0.1) is 55.5 Å². The lowest BCUT2D eigenvalue weighted by Gasteiger charge is -2.45. The molecule has 0 bridgehead atoms. The van der Waals surface area contributed by atoms with Gasteiger partial charge >= 0.3 is 0 Å².